The molecule has 1 fully saturated rings. The molecule has 2 aromatic carbocycles. The molecule has 8 heteroatoms. The Morgan fingerprint density at radius 1 is 1.06 bits per heavy atom. The van der Waals surface area contributed by atoms with Gasteiger partial charge < -0.3 is 14.4 Å². The van der Waals surface area contributed by atoms with Crippen molar-refractivity contribution in [3.05, 3.63) is 65.7 Å². The number of carbonyl (C=O) groups is 1. The lowest BCUT2D eigenvalue weighted by Gasteiger charge is -2.39. The molecular weight excluding hydrogens is 438 g/mol. The second-order valence-corrected chi connectivity index (χ2v) is 9.22. The van der Waals surface area contributed by atoms with Crippen molar-refractivity contribution in [1.29, 1.82) is 0 Å². The van der Waals surface area contributed by atoms with Gasteiger partial charge >= 0.3 is 12.3 Å². The Morgan fingerprint density at radius 2 is 1.70 bits per heavy atom. The van der Waals surface area contributed by atoms with Crippen LogP contribution in [0.2, 0.25) is 0 Å². The lowest BCUT2D eigenvalue weighted by Crippen LogP contribution is -2.49. The maximum absolute atomic E-state index is 14.3. The first kappa shape index (κ1) is 24.9. The second-order valence-electron chi connectivity index (χ2n) is 9.22. The molecule has 0 saturated carbocycles. The van der Waals surface area contributed by atoms with Gasteiger partial charge in [-0.05, 0) is 63.4 Å². The fourth-order valence-corrected chi connectivity index (χ4v) is 3.84. The first-order chi connectivity index (χ1) is 15.4. The standard InChI is InChI=1S/C25H29F4NO3/c1-24(2,3)33-23(31)30-14-13-19(26)15-20(30)16-22(17-7-5-4-6-8-17)32-21-11-9-18(10-12-21)25(27,28)29/h4-12,19-20,22H,13-16H2,1-3H3/t19-,20-,22-/m0/s1. The molecular formula is C25H29F4NO3. The Hall–Kier alpha value is -2.77. The predicted molar refractivity (Wildman–Crippen MR) is 117 cm³/mol. The normalized spacial score (nSPS) is 20.3. The zero-order chi connectivity index (χ0) is 24.2. The third-order valence-corrected chi connectivity index (χ3v) is 5.40. The van der Waals surface area contributed by atoms with Gasteiger partial charge in [0, 0.05) is 19.0 Å². The van der Waals surface area contributed by atoms with Crippen molar-refractivity contribution < 1.29 is 31.8 Å². The van der Waals surface area contributed by atoms with Crippen molar-refractivity contribution >= 4 is 6.09 Å². The molecule has 1 saturated heterocycles. The number of rotatable bonds is 5. The Kier molecular flexibility index (Phi) is 7.55. The van der Waals surface area contributed by atoms with Crippen molar-refractivity contribution in [3.63, 3.8) is 0 Å². The fourth-order valence-electron chi connectivity index (χ4n) is 3.84. The van der Waals surface area contributed by atoms with E-state index in [-0.39, 0.29) is 31.6 Å². The highest BCUT2D eigenvalue weighted by molar-refractivity contribution is 5.68. The minimum absolute atomic E-state index is 0.138. The maximum atomic E-state index is 14.3. The average Bonchev–Trinajstić information content (AvgIpc) is 2.72. The molecule has 1 aliphatic rings. The Balaban J connectivity index is 1.83. The van der Waals surface area contributed by atoms with E-state index in [1.54, 1.807) is 20.8 Å². The molecule has 0 aromatic heterocycles. The van der Waals surface area contributed by atoms with Crippen LogP contribution in [0.25, 0.3) is 0 Å². The molecule has 0 aliphatic carbocycles. The van der Waals surface area contributed by atoms with Crippen LogP contribution < -0.4 is 4.74 Å². The number of likely N-dealkylation sites (tertiary alicyclic amines) is 1. The van der Waals surface area contributed by atoms with E-state index in [0.29, 0.717) is 0 Å². The van der Waals surface area contributed by atoms with Crippen LogP contribution in [0, 0.1) is 0 Å². The molecule has 0 N–H and O–H groups in total. The lowest BCUT2D eigenvalue weighted by atomic mass is 9.93. The zero-order valence-electron chi connectivity index (χ0n) is 18.9. The minimum Gasteiger partial charge on any atom is -0.486 e. The first-order valence-electron chi connectivity index (χ1n) is 10.9. The minimum atomic E-state index is -4.44. The van der Waals surface area contributed by atoms with Crippen LogP contribution in [0.1, 0.15) is 57.3 Å². The summed E-state index contributed by atoms with van der Waals surface area (Å²) in [6.07, 6.45) is -5.97. The molecule has 0 spiro atoms. The second kappa shape index (κ2) is 10.0. The highest BCUT2D eigenvalue weighted by atomic mass is 19.4. The molecule has 3 atom stereocenters. The summed E-state index contributed by atoms with van der Waals surface area (Å²) in [5, 5.41) is 0. The van der Waals surface area contributed by atoms with Crippen molar-refractivity contribution in [2.75, 3.05) is 6.54 Å². The van der Waals surface area contributed by atoms with E-state index in [0.717, 1.165) is 17.7 Å². The summed E-state index contributed by atoms with van der Waals surface area (Å²) in [5.41, 5.74) is -0.679. The van der Waals surface area contributed by atoms with Crippen molar-refractivity contribution in [2.24, 2.45) is 0 Å². The Morgan fingerprint density at radius 3 is 2.27 bits per heavy atom. The molecule has 1 aliphatic heterocycles. The summed E-state index contributed by atoms with van der Waals surface area (Å²) >= 11 is 0. The van der Waals surface area contributed by atoms with Crippen molar-refractivity contribution in [2.45, 2.75) is 70.1 Å². The lowest BCUT2D eigenvalue weighted by molar-refractivity contribution is -0.137. The van der Waals surface area contributed by atoms with Crippen LogP contribution in [0.4, 0.5) is 22.4 Å². The van der Waals surface area contributed by atoms with Gasteiger partial charge in [0.2, 0.25) is 0 Å². The number of piperidine rings is 1. The zero-order valence-corrected chi connectivity index (χ0v) is 18.9. The van der Waals surface area contributed by atoms with E-state index in [2.05, 4.69) is 0 Å². The number of hydrogen-bond donors (Lipinski definition) is 0. The summed E-state index contributed by atoms with van der Waals surface area (Å²) in [7, 11) is 0. The van der Waals surface area contributed by atoms with Gasteiger partial charge in [-0.3, -0.25) is 0 Å². The molecule has 4 nitrogen and oxygen atoms in total. The number of carbonyl (C=O) groups excluding carboxylic acids is 1. The third kappa shape index (κ3) is 7.11. The molecule has 0 unspecified atom stereocenters. The van der Waals surface area contributed by atoms with E-state index < -0.39 is 41.8 Å². The van der Waals surface area contributed by atoms with E-state index in [4.69, 9.17) is 9.47 Å². The van der Waals surface area contributed by atoms with Crippen LogP contribution in [-0.4, -0.2) is 35.4 Å². The topological polar surface area (TPSA) is 38.8 Å². The van der Waals surface area contributed by atoms with Crippen molar-refractivity contribution in [3.8, 4) is 5.75 Å². The number of hydrogen-bond acceptors (Lipinski definition) is 3. The molecule has 1 heterocycles. The first-order valence-corrected chi connectivity index (χ1v) is 10.9. The van der Waals surface area contributed by atoms with Crippen LogP contribution in [0.5, 0.6) is 5.75 Å². The SMILES string of the molecule is CC(C)(C)OC(=O)N1CC[C@H](F)C[C@H]1C[C@H](Oc1ccc(C(F)(F)F)cc1)c1ccccc1. The smallest absolute Gasteiger partial charge is 0.416 e. The van der Waals surface area contributed by atoms with Gasteiger partial charge in [-0.15, -0.1) is 0 Å². The van der Waals surface area contributed by atoms with Crippen LogP contribution >= 0.6 is 0 Å². The molecule has 2 aromatic rings. The van der Waals surface area contributed by atoms with Crippen molar-refractivity contribution in [1.82, 2.24) is 4.90 Å². The number of halogens is 4. The van der Waals surface area contributed by atoms with E-state index >= 15 is 0 Å². The molecule has 0 bridgehead atoms. The van der Waals surface area contributed by atoms with Gasteiger partial charge in [0.25, 0.3) is 0 Å². The van der Waals surface area contributed by atoms with Crippen LogP contribution in [0.3, 0.4) is 0 Å². The number of amides is 1. The largest absolute Gasteiger partial charge is 0.486 e. The van der Waals surface area contributed by atoms with Gasteiger partial charge in [-0.25, -0.2) is 9.18 Å². The Bertz CT molecular complexity index is 910. The third-order valence-electron chi connectivity index (χ3n) is 5.40. The number of ether oxygens (including phenoxy) is 2. The monoisotopic (exact) mass is 467 g/mol. The molecule has 33 heavy (non-hydrogen) atoms. The molecule has 1 amide bonds. The van der Waals surface area contributed by atoms with E-state index in [1.807, 2.05) is 30.3 Å². The number of benzene rings is 2. The van der Waals surface area contributed by atoms with Crippen LogP contribution in [0.15, 0.2) is 54.6 Å². The summed E-state index contributed by atoms with van der Waals surface area (Å²) < 4.78 is 64.6. The molecule has 0 radical (unpaired) electrons. The van der Waals surface area contributed by atoms with Gasteiger partial charge in [0.1, 0.15) is 23.6 Å². The van der Waals surface area contributed by atoms with Gasteiger partial charge in [0.15, 0.2) is 0 Å². The summed E-state index contributed by atoms with van der Waals surface area (Å²) in [6.45, 7) is 5.52. The van der Waals surface area contributed by atoms with E-state index in [9.17, 15) is 22.4 Å². The summed E-state index contributed by atoms with van der Waals surface area (Å²) in [5.74, 6) is 0.258. The Labute approximate surface area is 191 Å². The highest BCUT2D eigenvalue weighted by Gasteiger charge is 2.36. The average molecular weight is 468 g/mol. The highest BCUT2D eigenvalue weighted by Crippen LogP contribution is 2.34. The quantitative estimate of drug-likeness (QED) is 0.447. The number of alkyl halides is 4. The summed E-state index contributed by atoms with van der Waals surface area (Å²) in [6, 6.07) is 13.1. The van der Waals surface area contributed by atoms with Crippen LogP contribution in [-0.2, 0) is 10.9 Å². The van der Waals surface area contributed by atoms with Gasteiger partial charge in [-0.2, -0.15) is 13.2 Å². The van der Waals surface area contributed by atoms with E-state index in [1.165, 1.54) is 17.0 Å². The maximum Gasteiger partial charge on any atom is 0.416 e. The fraction of sp³-hybridized carbons (Fsp3) is 0.480. The number of nitrogens with zero attached hydrogens (tertiary/aromatic N) is 1. The predicted octanol–water partition coefficient (Wildman–Crippen LogP) is 6.95. The molecule has 3 rings (SSSR count). The van der Waals surface area contributed by atoms with Gasteiger partial charge in [-0.1, -0.05) is 30.3 Å². The molecule has 180 valence electrons. The van der Waals surface area contributed by atoms with Gasteiger partial charge in [0.05, 0.1) is 5.56 Å². The summed E-state index contributed by atoms with van der Waals surface area (Å²) in [4.78, 5) is 14.3.